The molecule has 2 rings (SSSR count). The summed E-state index contributed by atoms with van der Waals surface area (Å²) in [5.74, 6) is -1.14. The topological polar surface area (TPSA) is 105 Å². The number of aliphatic imine (C=N–C) groups is 1. The van der Waals surface area contributed by atoms with Gasteiger partial charge in [-0.15, -0.1) is 6.58 Å². The first-order valence-electron chi connectivity index (χ1n) is 7.13. The Morgan fingerprint density at radius 1 is 1.58 bits per heavy atom. The van der Waals surface area contributed by atoms with Crippen LogP contribution in [-0.2, 0) is 9.53 Å². The average Bonchev–Trinajstić information content (AvgIpc) is 2.56. The predicted octanol–water partition coefficient (Wildman–Crippen LogP) is 2.28. The summed E-state index contributed by atoms with van der Waals surface area (Å²) >= 11 is 0. The van der Waals surface area contributed by atoms with Crippen molar-refractivity contribution in [3.05, 3.63) is 58.2 Å². The van der Waals surface area contributed by atoms with Gasteiger partial charge in [-0.05, 0) is 6.92 Å². The molecule has 0 saturated carbocycles. The van der Waals surface area contributed by atoms with Gasteiger partial charge >= 0.3 is 5.97 Å². The number of methoxy groups -OCH3 is 1. The summed E-state index contributed by atoms with van der Waals surface area (Å²) in [6.07, 6.45) is 1.61. The van der Waals surface area contributed by atoms with Crippen LogP contribution < -0.4 is 0 Å². The second-order valence-electron chi connectivity index (χ2n) is 5.09. The summed E-state index contributed by atoms with van der Waals surface area (Å²) in [5, 5.41) is 20.6. The van der Waals surface area contributed by atoms with Crippen molar-refractivity contribution in [1.82, 2.24) is 4.90 Å². The van der Waals surface area contributed by atoms with Crippen LogP contribution in [0.15, 0.2) is 47.5 Å². The highest BCUT2D eigenvalue weighted by Crippen LogP contribution is 2.31. The number of benzene rings is 1. The monoisotopic (exact) mass is 331 g/mol. The van der Waals surface area contributed by atoms with Gasteiger partial charge in [0.1, 0.15) is 0 Å². The van der Waals surface area contributed by atoms with E-state index in [0.29, 0.717) is 12.1 Å². The number of hydrogen-bond donors (Lipinski definition) is 1. The molecule has 1 aromatic carbocycles. The number of carboxylic acid groups (broad SMARTS) is 1. The normalized spacial score (nSPS) is 17.3. The minimum Gasteiger partial charge on any atom is -0.478 e. The molecule has 0 saturated heterocycles. The number of nitrogens with zero attached hydrogens (tertiary/aromatic N) is 3. The van der Waals surface area contributed by atoms with Crippen molar-refractivity contribution in [3.8, 4) is 0 Å². The molecule has 0 spiro atoms. The summed E-state index contributed by atoms with van der Waals surface area (Å²) in [6, 6.07) is 5.39. The Morgan fingerprint density at radius 2 is 2.29 bits per heavy atom. The standard InChI is InChI=1S/C16H17N3O5/c1-4-8-18-10(2)13(15(20)21)14(17-16(18)24-3)11-6-5-7-12(9-11)19(22)23/h4-7,9-10H,1,8H2,2-3H3,(H,20,21). The Labute approximate surface area is 138 Å². The maximum Gasteiger partial charge on any atom is 0.335 e. The molecule has 0 fully saturated rings. The molecular formula is C16H17N3O5. The number of non-ortho nitro benzene ring substituents is 1. The molecule has 8 heteroatoms. The zero-order valence-corrected chi connectivity index (χ0v) is 13.3. The number of nitro groups is 1. The lowest BCUT2D eigenvalue weighted by atomic mass is 9.98. The fourth-order valence-corrected chi connectivity index (χ4v) is 2.54. The van der Waals surface area contributed by atoms with Gasteiger partial charge in [-0.2, -0.15) is 4.99 Å². The third kappa shape index (κ3) is 3.12. The Kier molecular flexibility index (Phi) is 4.98. The van der Waals surface area contributed by atoms with Crippen LogP contribution in [0.2, 0.25) is 0 Å². The highest BCUT2D eigenvalue weighted by atomic mass is 16.6. The Balaban J connectivity index is 2.65. The number of carboxylic acids is 1. The molecule has 0 amide bonds. The smallest absolute Gasteiger partial charge is 0.335 e. The Morgan fingerprint density at radius 3 is 2.83 bits per heavy atom. The summed E-state index contributed by atoms with van der Waals surface area (Å²) in [4.78, 5) is 28.1. The molecule has 0 aromatic heterocycles. The fraction of sp³-hybridized carbons (Fsp3) is 0.250. The third-order valence-corrected chi connectivity index (χ3v) is 3.66. The first-order chi connectivity index (χ1) is 11.4. The van der Waals surface area contributed by atoms with Gasteiger partial charge in [0.05, 0.1) is 29.3 Å². The third-order valence-electron chi connectivity index (χ3n) is 3.66. The maximum absolute atomic E-state index is 11.8. The van der Waals surface area contributed by atoms with Crippen LogP contribution in [0.1, 0.15) is 12.5 Å². The lowest BCUT2D eigenvalue weighted by molar-refractivity contribution is -0.384. The quantitative estimate of drug-likeness (QED) is 0.504. The molecule has 1 N–H and O–H groups in total. The molecule has 126 valence electrons. The van der Waals surface area contributed by atoms with Crippen molar-refractivity contribution in [2.24, 2.45) is 4.99 Å². The summed E-state index contributed by atoms with van der Waals surface area (Å²) in [7, 11) is 1.43. The van der Waals surface area contributed by atoms with E-state index in [1.54, 1.807) is 24.0 Å². The molecule has 24 heavy (non-hydrogen) atoms. The van der Waals surface area contributed by atoms with Gasteiger partial charge in [0.25, 0.3) is 11.7 Å². The molecule has 1 aromatic rings. The van der Waals surface area contributed by atoms with E-state index in [1.165, 1.54) is 25.3 Å². The maximum atomic E-state index is 11.8. The van der Waals surface area contributed by atoms with E-state index in [2.05, 4.69) is 11.6 Å². The van der Waals surface area contributed by atoms with Gasteiger partial charge in [0.15, 0.2) is 0 Å². The van der Waals surface area contributed by atoms with Crippen molar-refractivity contribution >= 4 is 23.4 Å². The fourth-order valence-electron chi connectivity index (χ4n) is 2.54. The lowest BCUT2D eigenvalue weighted by Crippen LogP contribution is -2.45. The number of carbonyl (C=O) groups is 1. The second kappa shape index (κ2) is 6.95. The molecule has 1 unspecified atom stereocenters. The minimum absolute atomic E-state index is 0.0400. The van der Waals surface area contributed by atoms with Crippen LogP contribution >= 0.6 is 0 Å². The van der Waals surface area contributed by atoms with E-state index < -0.39 is 16.9 Å². The number of aliphatic carboxylic acids is 1. The van der Waals surface area contributed by atoms with E-state index in [0.717, 1.165) is 0 Å². The molecule has 1 aliphatic rings. The molecule has 0 bridgehead atoms. The lowest BCUT2D eigenvalue weighted by Gasteiger charge is -2.34. The van der Waals surface area contributed by atoms with E-state index in [9.17, 15) is 20.0 Å². The van der Waals surface area contributed by atoms with Crippen molar-refractivity contribution in [2.45, 2.75) is 13.0 Å². The first-order valence-corrected chi connectivity index (χ1v) is 7.13. The molecule has 1 atom stereocenters. The van der Waals surface area contributed by atoms with Crippen LogP contribution in [-0.4, -0.2) is 46.6 Å². The van der Waals surface area contributed by atoms with Gasteiger partial charge in [-0.1, -0.05) is 18.2 Å². The number of hydrogen-bond acceptors (Lipinski definition) is 6. The van der Waals surface area contributed by atoms with Gasteiger partial charge in [0, 0.05) is 24.2 Å². The highest BCUT2D eigenvalue weighted by Gasteiger charge is 2.33. The molecule has 0 radical (unpaired) electrons. The van der Waals surface area contributed by atoms with E-state index in [4.69, 9.17) is 4.74 Å². The number of rotatable bonds is 5. The summed E-state index contributed by atoms with van der Waals surface area (Å²) in [5.41, 5.74) is 0.398. The molecule has 1 aliphatic heterocycles. The van der Waals surface area contributed by atoms with Crippen LogP contribution in [0.4, 0.5) is 5.69 Å². The molecular weight excluding hydrogens is 314 g/mol. The van der Waals surface area contributed by atoms with Crippen molar-refractivity contribution in [2.75, 3.05) is 13.7 Å². The highest BCUT2D eigenvalue weighted by molar-refractivity contribution is 6.02. The zero-order valence-electron chi connectivity index (χ0n) is 13.3. The van der Waals surface area contributed by atoms with E-state index in [-0.39, 0.29) is 23.0 Å². The predicted molar refractivity (Wildman–Crippen MR) is 88.5 cm³/mol. The number of amidine groups is 1. The second-order valence-corrected chi connectivity index (χ2v) is 5.09. The largest absolute Gasteiger partial charge is 0.478 e. The van der Waals surface area contributed by atoms with Crippen molar-refractivity contribution in [3.63, 3.8) is 0 Å². The SMILES string of the molecule is C=CCN1C(OC)=NC(c2cccc([N+](=O)[O-])c2)=C(C(=O)O)C1C. The molecule has 1 heterocycles. The minimum atomic E-state index is -1.14. The van der Waals surface area contributed by atoms with Gasteiger partial charge in [-0.25, -0.2) is 4.79 Å². The van der Waals surface area contributed by atoms with E-state index >= 15 is 0 Å². The molecule has 0 aliphatic carbocycles. The van der Waals surface area contributed by atoms with Gasteiger partial charge < -0.3 is 14.7 Å². The van der Waals surface area contributed by atoms with Crippen LogP contribution in [0, 0.1) is 10.1 Å². The summed E-state index contributed by atoms with van der Waals surface area (Å²) in [6.45, 7) is 5.71. The van der Waals surface area contributed by atoms with Gasteiger partial charge in [0.2, 0.25) is 0 Å². The van der Waals surface area contributed by atoms with Crippen molar-refractivity contribution < 1.29 is 19.6 Å². The van der Waals surface area contributed by atoms with Crippen LogP contribution in [0.25, 0.3) is 5.70 Å². The van der Waals surface area contributed by atoms with Crippen LogP contribution in [0.3, 0.4) is 0 Å². The molecule has 8 nitrogen and oxygen atoms in total. The summed E-state index contributed by atoms with van der Waals surface area (Å²) < 4.78 is 5.25. The zero-order chi connectivity index (χ0) is 17.9. The average molecular weight is 331 g/mol. The van der Waals surface area contributed by atoms with Crippen molar-refractivity contribution in [1.29, 1.82) is 0 Å². The first kappa shape index (κ1) is 17.2. The number of ether oxygens (including phenoxy) is 1. The van der Waals surface area contributed by atoms with Crippen LogP contribution in [0.5, 0.6) is 0 Å². The Bertz CT molecular complexity index is 754. The Hall–Kier alpha value is -3.16. The van der Waals surface area contributed by atoms with Gasteiger partial charge in [-0.3, -0.25) is 10.1 Å². The van der Waals surface area contributed by atoms with E-state index in [1.807, 2.05) is 0 Å². The number of nitro benzene ring substituents is 1.